The summed E-state index contributed by atoms with van der Waals surface area (Å²) in [6, 6.07) is 0. The second kappa shape index (κ2) is 10.8. The van der Waals surface area contributed by atoms with Crippen molar-refractivity contribution in [2.24, 2.45) is 0 Å². The lowest BCUT2D eigenvalue weighted by Gasteiger charge is -2.34. The molecule has 3 heteroatoms. The van der Waals surface area contributed by atoms with E-state index >= 15 is 0 Å². The Morgan fingerprint density at radius 1 is 0.955 bits per heavy atom. The van der Waals surface area contributed by atoms with Crippen molar-refractivity contribution < 1.29 is 15.0 Å². The second-order valence-corrected chi connectivity index (χ2v) is 6.82. The van der Waals surface area contributed by atoms with Crippen molar-refractivity contribution in [1.82, 2.24) is 0 Å². The molecule has 128 valence electrons. The normalized spacial score (nSPS) is 18.4. The third kappa shape index (κ3) is 7.44. The first-order chi connectivity index (χ1) is 10.6. The maximum absolute atomic E-state index is 11.0. The molecule has 0 bridgehead atoms. The average Bonchev–Trinajstić information content (AvgIpc) is 2.49. The van der Waals surface area contributed by atoms with Crippen LogP contribution in [0.25, 0.3) is 0 Å². The fourth-order valence-corrected chi connectivity index (χ4v) is 3.50. The van der Waals surface area contributed by atoms with Gasteiger partial charge in [0.2, 0.25) is 0 Å². The zero-order valence-electron chi connectivity index (χ0n) is 14.3. The smallest absolute Gasteiger partial charge is 0.328 e. The molecule has 1 aliphatic carbocycles. The Hall–Kier alpha value is -0.830. The minimum Gasteiger partial charge on any atom is -0.478 e. The highest BCUT2D eigenvalue weighted by atomic mass is 16.4. The summed E-state index contributed by atoms with van der Waals surface area (Å²) >= 11 is 0. The molecule has 0 aromatic carbocycles. The van der Waals surface area contributed by atoms with Crippen molar-refractivity contribution in [1.29, 1.82) is 0 Å². The number of carboxylic acid groups (broad SMARTS) is 1. The van der Waals surface area contributed by atoms with Gasteiger partial charge in [0.25, 0.3) is 0 Å². The number of aliphatic hydroxyl groups is 1. The second-order valence-electron chi connectivity index (χ2n) is 6.82. The summed E-state index contributed by atoms with van der Waals surface area (Å²) in [7, 11) is 0. The summed E-state index contributed by atoms with van der Waals surface area (Å²) in [5.74, 6) is -0.923. The van der Waals surface area contributed by atoms with E-state index in [2.05, 4.69) is 6.92 Å². The summed E-state index contributed by atoms with van der Waals surface area (Å²) in [5.41, 5.74) is -0.0942. The first-order valence-corrected chi connectivity index (χ1v) is 9.25. The molecule has 0 unspecified atom stereocenters. The van der Waals surface area contributed by atoms with Crippen LogP contribution in [0.5, 0.6) is 0 Å². The van der Waals surface area contributed by atoms with Gasteiger partial charge in [-0.15, -0.1) is 0 Å². The number of hydrogen-bond donors (Lipinski definition) is 2. The lowest BCUT2D eigenvalue weighted by Crippen LogP contribution is -2.34. The van der Waals surface area contributed by atoms with Crippen molar-refractivity contribution in [2.45, 2.75) is 102 Å². The van der Waals surface area contributed by atoms with Gasteiger partial charge in [0.1, 0.15) is 0 Å². The predicted octanol–water partition coefficient (Wildman–Crippen LogP) is 5.22. The minimum atomic E-state index is -0.923. The van der Waals surface area contributed by atoms with E-state index < -0.39 is 11.6 Å². The van der Waals surface area contributed by atoms with Crippen LogP contribution in [0, 0.1) is 0 Å². The molecule has 0 saturated heterocycles. The quantitative estimate of drug-likeness (QED) is 0.406. The van der Waals surface area contributed by atoms with Gasteiger partial charge < -0.3 is 10.2 Å². The Labute approximate surface area is 135 Å². The molecule has 0 aliphatic heterocycles. The van der Waals surface area contributed by atoms with Crippen LogP contribution in [0.1, 0.15) is 96.8 Å². The summed E-state index contributed by atoms with van der Waals surface area (Å²) in [4.78, 5) is 11.0. The largest absolute Gasteiger partial charge is 0.478 e. The fraction of sp³-hybridized carbons (Fsp3) is 0.842. The molecule has 1 fully saturated rings. The number of hydrogen-bond acceptors (Lipinski definition) is 2. The van der Waals surface area contributed by atoms with E-state index in [4.69, 9.17) is 5.11 Å². The SMILES string of the molecule is CCCCCCCCCC/C(=C\C(=O)O)C1(O)CCCCC1. The molecule has 2 N–H and O–H groups in total. The van der Waals surface area contributed by atoms with E-state index in [1.807, 2.05) is 0 Å². The number of carbonyl (C=O) groups is 1. The van der Waals surface area contributed by atoms with Crippen molar-refractivity contribution in [2.75, 3.05) is 0 Å². The third-order valence-electron chi connectivity index (χ3n) is 4.88. The van der Waals surface area contributed by atoms with Gasteiger partial charge in [0, 0.05) is 6.08 Å². The van der Waals surface area contributed by atoms with Gasteiger partial charge in [-0.05, 0) is 31.3 Å². The van der Waals surface area contributed by atoms with Crippen LogP contribution in [-0.4, -0.2) is 21.8 Å². The van der Waals surface area contributed by atoms with Gasteiger partial charge in [-0.25, -0.2) is 4.79 Å². The molecule has 3 nitrogen and oxygen atoms in total. The van der Waals surface area contributed by atoms with Crippen LogP contribution in [0.15, 0.2) is 11.6 Å². The molecule has 1 rings (SSSR count). The van der Waals surface area contributed by atoms with E-state index in [0.29, 0.717) is 0 Å². The molecule has 0 aromatic rings. The highest BCUT2D eigenvalue weighted by Gasteiger charge is 2.33. The molecular weight excluding hydrogens is 276 g/mol. The zero-order valence-corrected chi connectivity index (χ0v) is 14.3. The molecule has 1 saturated carbocycles. The van der Waals surface area contributed by atoms with Gasteiger partial charge in [0.05, 0.1) is 5.60 Å². The van der Waals surface area contributed by atoms with Gasteiger partial charge in [-0.2, -0.15) is 0 Å². The highest BCUT2D eigenvalue weighted by molar-refractivity contribution is 5.81. The molecule has 0 amide bonds. The van der Waals surface area contributed by atoms with Crippen LogP contribution in [0.4, 0.5) is 0 Å². The lowest BCUT2D eigenvalue weighted by atomic mass is 9.77. The van der Waals surface area contributed by atoms with Crippen LogP contribution in [0.3, 0.4) is 0 Å². The van der Waals surface area contributed by atoms with Crippen LogP contribution >= 0.6 is 0 Å². The molecule has 0 radical (unpaired) electrons. The lowest BCUT2D eigenvalue weighted by molar-refractivity contribution is -0.131. The predicted molar refractivity (Wildman–Crippen MR) is 91.0 cm³/mol. The fourth-order valence-electron chi connectivity index (χ4n) is 3.50. The Morgan fingerprint density at radius 3 is 2.05 bits per heavy atom. The Morgan fingerprint density at radius 2 is 1.50 bits per heavy atom. The minimum absolute atomic E-state index is 0.725. The zero-order chi connectivity index (χ0) is 16.3. The van der Waals surface area contributed by atoms with Crippen molar-refractivity contribution in [3.05, 3.63) is 11.6 Å². The molecule has 1 aliphatic rings. The Kier molecular flexibility index (Phi) is 9.45. The summed E-state index contributed by atoms with van der Waals surface area (Å²) < 4.78 is 0. The van der Waals surface area contributed by atoms with Crippen LogP contribution in [0.2, 0.25) is 0 Å². The standard InChI is InChI=1S/C19H34O3/c1-2-3-4-5-6-7-8-10-13-17(16-18(20)21)19(22)14-11-9-12-15-19/h16,22H,2-15H2,1H3,(H,20,21)/b17-16+. The van der Waals surface area contributed by atoms with Crippen molar-refractivity contribution >= 4 is 5.97 Å². The van der Waals surface area contributed by atoms with E-state index in [-0.39, 0.29) is 0 Å². The van der Waals surface area contributed by atoms with Crippen LogP contribution < -0.4 is 0 Å². The molecule has 22 heavy (non-hydrogen) atoms. The first-order valence-electron chi connectivity index (χ1n) is 9.25. The number of unbranched alkanes of at least 4 members (excludes halogenated alkanes) is 7. The molecular formula is C19H34O3. The highest BCUT2D eigenvalue weighted by Crippen LogP contribution is 2.36. The summed E-state index contributed by atoms with van der Waals surface area (Å²) in [6.07, 6.45) is 16.5. The van der Waals surface area contributed by atoms with E-state index in [1.165, 1.54) is 44.6 Å². The Bertz CT molecular complexity index is 341. The average molecular weight is 310 g/mol. The monoisotopic (exact) mass is 310 g/mol. The molecule has 0 spiro atoms. The van der Waals surface area contributed by atoms with Gasteiger partial charge in [-0.3, -0.25) is 0 Å². The Balaban J connectivity index is 2.32. The number of rotatable bonds is 11. The van der Waals surface area contributed by atoms with Crippen molar-refractivity contribution in [3.8, 4) is 0 Å². The maximum Gasteiger partial charge on any atom is 0.328 e. The molecule has 0 heterocycles. The maximum atomic E-state index is 11.0. The topological polar surface area (TPSA) is 57.5 Å². The van der Waals surface area contributed by atoms with Gasteiger partial charge >= 0.3 is 5.97 Å². The van der Waals surface area contributed by atoms with Gasteiger partial charge in [0.15, 0.2) is 0 Å². The van der Waals surface area contributed by atoms with Crippen molar-refractivity contribution in [3.63, 3.8) is 0 Å². The summed E-state index contributed by atoms with van der Waals surface area (Å²) in [6.45, 7) is 2.23. The van der Waals surface area contributed by atoms with Gasteiger partial charge in [-0.1, -0.05) is 71.1 Å². The first kappa shape index (κ1) is 19.2. The number of aliphatic carboxylic acids is 1. The molecule has 0 aromatic heterocycles. The van der Waals surface area contributed by atoms with E-state index in [1.54, 1.807) is 0 Å². The van der Waals surface area contributed by atoms with E-state index in [0.717, 1.165) is 56.9 Å². The van der Waals surface area contributed by atoms with Crippen LogP contribution in [-0.2, 0) is 4.79 Å². The van der Waals surface area contributed by atoms with E-state index in [9.17, 15) is 9.90 Å². The third-order valence-corrected chi connectivity index (χ3v) is 4.88. The number of carboxylic acids is 1. The summed E-state index contributed by atoms with van der Waals surface area (Å²) in [5, 5.41) is 19.8. The molecule has 0 atom stereocenters.